The number of amides is 1. The molecule has 0 N–H and O–H groups in total. The molecule has 1 aromatic heterocycles. The maximum absolute atomic E-state index is 15.4. The number of hydrogen-bond donors (Lipinski definition) is 0. The number of alkyl halides is 3. The van der Waals surface area contributed by atoms with Gasteiger partial charge in [0.2, 0.25) is 5.91 Å². The van der Waals surface area contributed by atoms with Gasteiger partial charge in [-0.3, -0.25) is 9.59 Å². The second-order valence-electron chi connectivity index (χ2n) is 11.7. The first-order valence-corrected chi connectivity index (χ1v) is 16.8. The molecule has 0 radical (unpaired) electrons. The van der Waals surface area contributed by atoms with E-state index in [4.69, 9.17) is 29.4 Å². The van der Waals surface area contributed by atoms with Crippen LogP contribution in [0.1, 0.15) is 62.5 Å². The van der Waals surface area contributed by atoms with Gasteiger partial charge in [0.25, 0.3) is 0 Å². The Balaban J connectivity index is 1.58. The number of thioether (sulfide) groups is 1. The molecular weight excluding hydrogens is 710 g/mol. The fraction of sp³-hybridized carbons (Fsp3) is 0.317. The van der Waals surface area contributed by atoms with E-state index in [-0.39, 0.29) is 56.4 Å². The van der Waals surface area contributed by atoms with E-state index in [9.17, 15) is 25.1 Å². The zero-order valence-corrected chi connectivity index (χ0v) is 28.4. The predicted molar refractivity (Wildman–Crippen MR) is 198 cm³/mol. The van der Waals surface area contributed by atoms with Crippen molar-refractivity contribution in [2.45, 2.75) is 55.8 Å². The van der Waals surface area contributed by atoms with Crippen LogP contribution in [-0.2, 0) is 34.5 Å². The molecule has 6 nitrogen and oxygen atoms in total. The number of rotatable bonds is 12. The number of hydrogen-bond acceptors (Lipinski definition) is 5. The normalized spacial score (nSPS) is 20.0. The third kappa shape index (κ3) is 9.17. The van der Waals surface area contributed by atoms with Crippen molar-refractivity contribution in [2.24, 2.45) is 0 Å². The van der Waals surface area contributed by atoms with Crippen LogP contribution in [0.25, 0.3) is 22.0 Å². The molecule has 278 valence electrons. The highest BCUT2D eigenvalue weighted by Crippen LogP contribution is 2.32. The summed E-state index contributed by atoms with van der Waals surface area (Å²) in [5.41, 5.74) is -8.11. The van der Waals surface area contributed by atoms with Gasteiger partial charge in [-0.2, -0.15) is 13.2 Å². The molecule has 1 amide bonds. The van der Waals surface area contributed by atoms with Crippen molar-refractivity contribution in [3.8, 4) is 11.1 Å². The first-order chi connectivity index (χ1) is 33.6. The van der Waals surface area contributed by atoms with Crippen LogP contribution in [0, 0.1) is 18.6 Å². The zero-order valence-electron chi connectivity index (χ0n) is 47.6. The summed E-state index contributed by atoms with van der Waals surface area (Å²) in [6.45, 7) is -3.77. The van der Waals surface area contributed by atoms with Crippen LogP contribution < -0.4 is 5.43 Å². The molecule has 5 aromatic rings. The Bertz CT molecular complexity index is 3080. The first-order valence-electron chi connectivity index (χ1n) is 25.8. The zero-order chi connectivity index (χ0) is 55.0. The minimum absolute atomic E-state index is 0.0408. The number of piperidine rings is 1. The van der Waals surface area contributed by atoms with Gasteiger partial charge in [-0.05, 0) is 66.7 Å². The van der Waals surface area contributed by atoms with Crippen molar-refractivity contribution in [3.05, 3.63) is 135 Å². The third-order valence-corrected chi connectivity index (χ3v) is 9.12. The molecule has 4 aromatic carbocycles. The highest BCUT2D eigenvalue weighted by Gasteiger charge is 2.31. The molecule has 0 bridgehead atoms. The largest absolute Gasteiger partial charge is 0.416 e. The smallest absolute Gasteiger partial charge is 0.383 e. The van der Waals surface area contributed by atoms with Crippen LogP contribution in [0.2, 0.25) is 0 Å². The number of likely N-dealkylation sites (tertiary alicyclic amines) is 1. The van der Waals surface area contributed by atoms with E-state index in [2.05, 4.69) is 0 Å². The van der Waals surface area contributed by atoms with Gasteiger partial charge < -0.3 is 19.1 Å². The van der Waals surface area contributed by atoms with Crippen LogP contribution in [0.5, 0.6) is 0 Å². The molecule has 1 saturated heterocycles. The summed E-state index contributed by atoms with van der Waals surface area (Å²) in [6, 6.07) is -18.4. The number of methoxy groups -OCH3 is 1. The van der Waals surface area contributed by atoms with Crippen molar-refractivity contribution in [3.63, 3.8) is 0 Å². The molecule has 0 atom stereocenters. The highest BCUT2D eigenvalue weighted by atomic mass is 32.2. The molecule has 0 saturated carbocycles. The van der Waals surface area contributed by atoms with Crippen LogP contribution in [0.15, 0.2) is 100 Å². The Morgan fingerprint density at radius 2 is 1.70 bits per heavy atom. The lowest BCUT2D eigenvalue weighted by Crippen LogP contribution is -2.48. The number of carbonyl (C=O) groups is 1. The standard InChI is InChI=1S/C41H40F5N3O3S/c1-27-6-15-36-34(22-27)37(50)23-39(53-26-31-4-3-5-35(42)40(31)43)49(36)25-38(51)48(33-16-18-47(19-17-33)20-21-52-2)24-28-7-9-29(10-8-28)30-11-13-32(14-12-30)41(44,45)46/h3-15,22-23,33H,16-21,24-26H2,1-2H3/i2D3,3D,4D,5D,6D,7D,8D,9D,10D,11D,12D,13D,14D,15D,22D,23D,25D2. The van der Waals surface area contributed by atoms with E-state index in [1.165, 1.54) is 6.92 Å². The molecule has 0 unspecified atom stereocenters. The number of aromatic nitrogens is 1. The Kier molecular flexibility index (Phi) is 6.36. The van der Waals surface area contributed by atoms with Crippen LogP contribution in [0.3, 0.4) is 0 Å². The Morgan fingerprint density at radius 3 is 2.38 bits per heavy atom. The van der Waals surface area contributed by atoms with E-state index < -0.39 is 195 Å². The monoisotopic (exact) mass is 769 g/mol. The molecule has 0 spiro atoms. The maximum atomic E-state index is 15.4. The van der Waals surface area contributed by atoms with Crippen molar-refractivity contribution < 1.29 is 58.9 Å². The van der Waals surface area contributed by atoms with E-state index in [0.717, 1.165) is 4.90 Å². The number of ether oxygens (including phenoxy) is 1. The number of carbonyl (C=O) groups excluding carboxylic acids is 1. The highest BCUT2D eigenvalue weighted by molar-refractivity contribution is 7.98. The van der Waals surface area contributed by atoms with E-state index in [0.29, 0.717) is 4.57 Å². The number of benzene rings is 4. The second-order valence-corrected chi connectivity index (χ2v) is 12.6. The lowest BCUT2D eigenvalue weighted by atomic mass is 10.00. The fourth-order valence-electron chi connectivity index (χ4n) is 5.44. The molecule has 2 heterocycles. The summed E-state index contributed by atoms with van der Waals surface area (Å²) in [5, 5.41) is -1.75. The van der Waals surface area contributed by atoms with Crippen LogP contribution in [-0.4, -0.2) is 59.6 Å². The topological polar surface area (TPSA) is 54.8 Å². The van der Waals surface area contributed by atoms with Gasteiger partial charge in [0.05, 0.1) is 50.1 Å². The summed E-state index contributed by atoms with van der Waals surface area (Å²) in [5.74, 6) is -6.29. The average molecular weight is 770 g/mol. The minimum Gasteiger partial charge on any atom is -0.383 e. The summed E-state index contributed by atoms with van der Waals surface area (Å²) in [6.07, 6.45) is -5.59. The number of fused-ring (bicyclic) bond motifs is 1. The third-order valence-electron chi connectivity index (χ3n) is 8.13. The first kappa shape index (κ1) is 20.2. The van der Waals surface area contributed by atoms with Gasteiger partial charge in [-0.15, -0.1) is 11.8 Å². The molecule has 0 aliphatic carbocycles. The molecular formula is C41H40F5N3O3S. The molecule has 53 heavy (non-hydrogen) atoms. The Hall–Kier alpha value is -4.52. The van der Waals surface area contributed by atoms with Gasteiger partial charge in [0.1, 0.15) is 6.50 Å². The molecule has 1 aliphatic rings. The van der Waals surface area contributed by atoms with Crippen molar-refractivity contribution in [1.82, 2.24) is 14.4 Å². The number of pyridine rings is 1. The summed E-state index contributed by atoms with van der Waals surface area (Å²) in [7, 11) is -2.74. The van der Waals surface area contributed by atoms with Gasteiger partial charge in [-0.1, -0.05) is 59.9 Å². The molecule has 1 fully saturated rings. The van der Waals surface area contributed by atoms with Gasteiger partial charge in [0, 0.05) is 62.0 Å². The minimum atomic E-state index is -5.39. The van der Waals surface area contributed by atoms with E-state index in [1.807, 2.05) is 0 Å². The summed E-state index contributed by atoms with van der Waals surface area (Å²) >= 11 is 0.152. The quantitative estimate of drug-likeness (QED) is 0.0940. The second kappa shape index (κ2) is 16.7. The fourth-order valence-corrected chi connectivity index (χ4v) is 6.35. The van der Waals surface area contributed by atoms with Crippen LogP contribution in [0.4, 0.5) is 22.0 Å². The number of halogens is 5. The van der Waals surface area contributed by atoms with Gasteiger partial charge in [-0.25, -0.2) is 8.78 Å². The van der Waals surface area contributed by atoms with Crippen molar-refractivity contribution in [2.75, 3.05) is 33.3 Å². The average Bonchev–Trinajstić information content (AvgIpc) is 3.31. The SMILES string of the molecule is [2H]c1c([2H])c(F)c(F)c(CSc2c([2H])c(=O)c3c([2H])c(C)c([2H])c([2H])c3n2C([2H])([2H])C(=O)N(Cc2c([2H])c([2H])c(-c3c([2H])c([2H])c(C(F)(F)F)c([2H])c3[2H])c([2H])c2[2H])C2CCN(CCOC([2H])([2H])[2H])CC2)c1[2H]. The van der Waals surface area contributed by atoms with E-state index >= 15 is 9.18 Å². The Morgan fingerprint density at radius 1 is 1.00 bits per heavy atom. The molecule has 6 rings (SSSR count). The lowest BCUT2D eigenvalue weighted by Gasteiger charge is -2.39. The van der Waals surface area contributed by atoms with Crippen molar-refractivity contribution in [1.29, 1.82) is 0 Å². The summed E-state index contributed by atoms with van der Waals surface area (Å²) in [4.78, 5) is 31.8. The van der Waals surface area contributed by atoms with Gasteiger partial charge >= 0.3 is 6.18 Å². The molecule has 12 heteroatoms. The van der Waals surface area contributed by atoms with Gasteiger partial charge in [0.15, 0.2) is 17.1 Å². The number of nitrogens with zero attached hydrogens (tertiary/aromatic N) is 3. The molecule has 1 aliphatic heterocycles. The van der Waals surface area contributed by atoms with Crippen molar-refractivity contribution >= 4 is 28.6 Å². The Labute approximate surface area is 337 Å². The lowest BCUT2D eigenvalue weighted by molar-refractivity contribution is -0.137. The maximum Gasteiger partial charge on any atom is 0.416 e. The predicted octanol–water partition coefficient (Wildman–Crippen LogP) is 8.71. The van der Waals surface area contributed by atoms with Crippen LogP contribution >= 0.6 is 11.8 Å². The van der Waals surface area contributed by atoms with E-state index in [1.54, 1.807) is 4.90 Å². The summed E-state index contributed by atoms with van der Waals surface area (Å²) < 4.78 is 246.